The second-order valence-electron chi connectivity index (χ2n) is 5.48. The van der Waals surface area contributed by atoms with Gasteiger partial charge < -0.3 is 15.7 Å². The van der Waals surface area contributed by atoms with E-state index in [2.05, 4.69) is 24.5 Å². The van der Waals surface area contributed by atoms with Crippen molar-refractivity contribution in [2.75, 3.05) is 13.1 Å². The highest BCUT2D eigenvalue weighted by atomic mass is 16.4. The van der Waals surface area contributed by atoms with Gasteiger partial charge in [0.15, 0.2) is 0 Å². The van der Waals surface area contributed by atoms with Crippen LogP contribution in [0.4, 0.5) is 4.79 Å². The molecule has 0 aliphatic heterocycles. The van der Waals surface area contributed by atoms with E-state index >= 15 is 0 Å². The van der Waals surface area contributed by atoms with Gasteiger partial charge in [0.2, 0.25) is 0 Å². The minimum Gasteiger partial charge on any atom is -0.481 e. The summed E-state index contributed by atoms with van der Waals surface area (Å²) in [6, 6.07) is -0.286. The maximum absolute atomic E-state index is 11.4. The Labute approximate surface area is 109 Å². The highest BCUT2D eigenvalue weighted by molar-refractivity contribution is 5.75. The topological polar surface area (TPSA) is 78.4 Å². The lowest BCUT2D eigenvalue weighted by Gasteiger charge is -2.16. The number of aliphatic carboxylic acids is 1. The highest BCUT2D eigenvalue weighted by Gasteiger charge is 2.19. The van der Waals surface area contributed by atoms with Gasteiger partial charge in [-0.1, -0.05) is 27.7 Å². The molecule has 0 spiro atoms. The zero-order valence-electron chi connectivity index (χ0n) is 11.8. The molecule has 0 aromatic heterocycles. The summed E-state index contributed by atoms with van der Waals surface area (Å²) < 4.78 is 0. The molecular formula is C13H26N2O3. The van der Waals surface area contributed by atoms with Crippen LogP contribution in [-0.4, -0.2) is 30.2 Å². The van der Waals surface area contributed by atoms with Gasteiger partial charge >= 0.3 is 12.0 Å². The normalized spacial score (nSPS) is 12.6. The number of carbonyl (C=O) groups excluding carboxylic acids is 1. The Morgan fingerprint density at radius 2 is 1.67 bits per heavy atom. The summed E-state index contributed by atoms with van der Waals surface area (Å²) in [5.41, 5.74) is 0. The average molecular weight is 258 g/mol. The molecule has 0 fully saturated rings. The van der Waals surface area contributed by atoms with E-state index in [1.54, 1.807) is 0 Å². The minimum absolute atomic E-state index is 0.182. The van der Waals surface area contributed by atoms with Crippen LogP contribution in [0.2, 0.25) is 0 Å². The lowest BCUT2D eigenvalue weighted by atomic mass is 9.97. The predicted molar refractivity (Wildman–Crippen MR) is 71.4 cm³/mol. The van der Waals surface area contributed by atoms with Crippen molar-refractivity contribution in [1.29, 1.82) is 0 Å². The number of urea groups is 1. The Hall–Kier alpha value is -1.26. The molecule has 106 valence electrons. The molecule has 0 radical (unpaired) electrons. The molecule has 0 bridgehead atoms. The summed E-state index contributed by atoms with van der Waals surface area (Å²) in [6.45, 7) is 8.91. The second-order valence-corrected chi connectivity index (χ2v) is 5.48. The summed E-state index contributed by atoms with van der Waals surface area (Å²) >= 11 is 0. The molecule has 1 unspecified atom stereocenters. The molecule has 2 amide bonds. The first-order valence-corrected chi connectivity index (χ1v) is 6.57. The van der Waals surface area contributed by atoms with Crippen LogP contribution in [0.3, 0.4) is 0 Å². The monoisotopic (exact) mass is 258 g/mol. The fraction of sp³-hybridized carbons (Fsp3) is 0.846. The van der Waals surface area contributed by atoms with Crippen LogP contribution in [0.15, 0.2) is 0 Å². The lowest BCUT2D eigenvalue weighted by molar-refractivity contribution is -0.142. The standard InChI is InChI=1S/C13H26N2O3/c1-9(2)5-6-14-13(18)15-8-11(12(16)17)7-10(3)4/h9-11H,5-8H2,1-4H3,(H,16,17)(H2,14,15,18). The fourth-order valence-electron chi connectivity index (χ4n) is 1.59. The first-order valence-electron chi connectivity index (χ1n) is 6.57. The quantitative estimate of drug-likeness (QED) is 0.623. The Morgan fingerprint density at radius 1 is 1.06 bits per heavy atom. The van der Waals surface area contributed by atoms with E-state index in [0.717, 1.165) is 6.42 Å². The summed E-state index contributed by atoms with van der Waals surface area (Å²) in [4.78, 5) is 22.4. The van der Waals surface area contributed by atoms with Crippen LogP contribution in [0.5, 0.6) is 0 Å². The van der Waals surface area contributed by atoms with Gasteiger partial charge in [0.05, 0.1) is 5.92 Å². The molecule has 0 rings (SSSR count). The molecule has 0 heterocycles. The summed E-state index contributed by atoms with van der Waals surface area (Å²) in [6.07, 6.45) is 1.49. The summed E-state index contributed by atoms with van der Waals surface area (Å²) in [7, 11) is 0. The van der Waals surface area contributed by atoms with Gasteiger partial charge in [0, 0.05) is 13.1 Å². The number of rotatable bonds is 8. The van der Waals surface area contributed by atoms with Gasteiger partial charge in [-0.2, -0.15) is 0 Å². The van der Waals surface area contributed by atoms with Gasteiger partial charge in [-0.15, -0.1) is 0 Å². The minimum atomic E-state index is -0.855. The molecule has 0 aromatic rings. The molecule has 0 saturated carbocycles. The van der Waals surface area contributed by atoms with Crippen LogP contribution in [0.25, 0.3) is 0 Å². The van der Waals surface area contributed by atoms with Crippen LogP contribution in [0, 0.1) is 17.8 Å². The largest absolute Gasteiger partial charge is 0.481 e. The molecule has 0 aliphatic rings. The third kappa shape index (κ3) is 8.84. The van der Waals surface area contributed by atoms with Crippen molar-refractivity contribution in [3.05, 3.63) is 0 Å². The molecule has 5 heteroatoms. The molecule has 0 aliphatic carbocycles. The van der Waals surface area contributed by atoms with Crippen LogP contribution >= 0.6 is 0 Å². The van der Waals surface area contributed by atoms with Gasteiger partial charge in [0.1, 0.15) is 0 Å². The Bertz CT molecular complexity index is 265. The Kier molecular flexibility index (Phi) is 8.16. The van der Waals surface area contributed by atoms with Crippen molar-refractivity contribution in [3.8, 4) is 0 Å². The van der Waals surface area contributed by atoms with E-state index in [0.29, 0.717) is 24.8 Å². The molecule has 18 heavy (non-hydrogen) atoms. The molecule has 5 nitrogen and oxygen atoms in total. The number of carboxylic acid groups (broad SMARTS) is 1. The maximum Gasteiger partial charge on any atom is 0.314 e. The van der Waals surface area contributed by atoms with Gasteiger partial charge in [-0.25, -0.2) is 4.79 Å². The van der Waals surface area contributed by atoms with Gasteiger partial charge in [-0.05, 0) is 24.7 Å². The van der Waals surface area contributed by atoms with Crippen LogP contribution in [0.1, 0.15) is 40.5 Å². The number of carbonyl (C=O) groups is 2. The van der Waals surface area contributed by atoms with Crippen molar-refractivity contribution >= 4 is 12.0 Å². The van der Waals surface area contributed by atoms with Crippen molar-refractivity contribution < 1.29 is 14.7 Å². The predicted octanol–water partition coefficient (Wildman–Crippen LogP) is 2.08. The first kappa shape index (κ1) is 16.7. The number of nitrogens with one attached hydrogen (secondary N) is 2. The van der Waals surface area contributed by atoms with E-state index in [-0.39, 0.29) is 12.6 Å². The van der Waals surface area contributed by atoms with Crippen molar-refractivity contribution in [2.45, 2.75) is 40.5 Å². The van der Waals surface area contributed by atoms with E-state index < -0.39 is 11.9 Å². The second kappa shape index (κ2) is 8.78. The summed E-state index contributed by atoms with van der Waals surface area (Å²) in [5.74, 6) is -0.526. The van der Waals surface area contributed by atoms with Crippen LogP contribution < -0.4 is 10.6 Å². The Morgan fingerprint density at radius 3 is 2.11 bits per heavy atom. The van der Waals surface area contributed by atoms with E-state index in [9.17, 15) is 9.59 Å². The summed E-state index contributed by atoms with van der Waals surface area (Å²) in [5, 5.41) is 14.3. The first-order chi connectivity index (χ1) is 8.32. The zero-order valence-corrected chi connectivity index (χ0v) is 11.8. The van der Waals surface area contributed by atoms with E-state index in [1.165, 1.54) is 0 Å². The molecule has 3 N–H and O–H groups in total. The smallest absolute Gasteiger partial charge is 0.314 e. The number of hydrogen-bond donors (Lipinski definition) is 3. The third-order valence-corrected chi connectivity index (χ3v) is 2.62. The van der Waals surface area contributed by atoms with Gasteiger partial charge in [0.25, 0.3) is 0 Å². The Balaban J connectivity index is 3.89. The molecular weight excluding hydrogens is 232 g/mol. The SMILES string of the molecule is CC(C)CCNC(=O)NCC(CC(C)C)C(=O)O. The van der Waals surface area contributed by atoms with Crippen LogP contribution in [-0.2, 0) is 4.79 Å². The third-order valence-electron chi connectivity index (χ3n) is 2.62. The van der Waals surface area contributed by atoms with Crippen molar-refractivity contribution in [3.63, 3.8) is 0 Å². The number of amides is 2. The molecule has 0 aromatic carbocycles. The molecule has 0 saturated heterocycles. The lowest BCUT2D eigenvalue weighted by Crippen LogP contribution is -2.40. The maximum atomic E-state index is 11.4. The zero-order chi connectivity index (χ0) is 14.1. The fourth-order valence-corrected chi connectivity index (χ4v) is 1.59. The van der Waals surface area contributed by atoms with E-state index in [4.69, 9.17) is 5.11 Å². The number of hydrogen-bond acceptors (Lipinski definition) is 2. The number of carboxylic acids is 1. The van der Waals surface area contributed by atoms with Crippen molar-refractivity contribution in [2.24, 2.45) is 17.8 Å². The average Bonchev–Trinajstić information content (AvgIpc) is 2.22. The van der Waals surface area contributed by atoms with Gasteiger partial charge in [-0.3, -0.25) is 4.79 Å². The molecule has 1 atom stereocenters. The van der Waals surface area contributed by atoms with E-state index in [1.807, 2.05) is 13.8 Å². The highest BCUT2D eigenvalue weighted by Crippen LogP contribution is 2.10. The van der Waals surface area contributed by atoms with Crippen molar-refractivity contribution in [1.82, 2.24) is 10.6 Å².